The molecule has 5 nitrogen and oxygen atoms in total. The summed E-state index contributed by atoms with van der Waals surface area (Å²) in [5.74, 6) is -0.283. The molecule has 5 heteroatoms. The molecule has 1 unspecified atom stereocenters. The monoisotopic (exact) mass is 187 g/mol. The number of hydrogen-bond donors (Lipinski definition) is 2. The van der Waals surface area contributed by atoms with E-state index in [1.54, 1.807) is 28.1 Å². The largest absolute Gasteiger partial charge is 0.347 e. The predicted octanol–water partition coefficient (Wildman–Crippen LogP) is -1.20. The maximum absolute atomic E-state index is 11.2. The second-order valence-corrected chi connectivity index (χ2v) is 3.02. The van der Waals surface area contributed by atoms with Gasteiger partial charge in [0.15, 0.2) is 0 Å². The van der Waals surface area contributed by atoms with Crippen LogP contribution in [0.15, 0.2) is 0 Å². The fourth-order valence-electron chi connectivity index (χ4n) is 0.605. The molecule has 0 aromatic carbocycles. The van der Waals surface area contributed by atoms with Crippen molar-refractivity contribution in [3.05, 3.63) is 0 Å². The highest BCUT2D eigenvalue weighted by Crippen LogP contribution is 1.80. The summed E-state index contributed by atoms with van der Waals surface area (Å²) < 4.78 is 0. The average molecular weight is 187 g/mol. The topological polar surface area (TPSA) is 61.4 Å². The molecule has 76 valence electrons. The van der Waals surface area contributed by atoms with Gasteiger partial charge in [-0.1, -0.05) is 0 Å². The quantitative estimate of drug-likeness (QED) is 0.581. The SMILES string of the molecule is CNC(C)C(=O)NCC(=O)N(C)C. The van der Waals surface area contributed by atoms with Crippen molar-refractivity contribution in [2.75, 3.05) is 27.7 Å². The molecule has 13 heavy (non-hydrogen) atoms. The van der Waals surface area contributed by atoms with Gasteiger partial charge in [-0.2, -0.15) is 0 Å². The molecule has 0 fully saturated rings. The van der Waals surface area contributed by atoms with E-state index < -0.39 is 0 Å². The molecule has 0 saturated carbocycles. The van der Waals surface area contributed by atoms with Crippen LogP contribution in [0, 0.1) is 0 Å². The molecular formula is C8H17N3O2. The molecule has 0 rings (SSSR count). The van der Waals surface area contributed by atoms with Gasteiger partial charge in [0.2, 0.25) is 11.8 Å². The van der Waals surface area contributed by atoms with E-state index in [0.29, 0.717) is 0 Å². The van der Waals surface area contributed by atoms with Gasteiger partial charge in [0.05, 0.1) is 12.6 Å². The summed E-state index contributed by atoms with van der Waals surface area (Å²) in [6, 6.07) is -0.269. The molecule has 0 spiro atoms. The first kappa shape index (κ1) is 11.9. The van der Waals surface area contributed by atoms with E-state index in [9.17, 15) is 9.59 Å². The van der Waals surface area contributed by atoms with Gasteiger partial charge in [0, 0.05) is 14.1 Å². The van der Waals surface area contributed by atoms with E-state index in [4.69, 9.17) is 0 Å². The van der Waals surface area contributed by atoms with Gasteiger partial charge in [-0.3, -0.25) is 9.59 Å². The summed E-state index contributed by atoms with van der Waals surface area (Å²) in [6.07, 6.45) is 0. The highest BCUT2D eigenvalue weighted by atomic mass is 16.2. The Bertz CT molecular complexity index is 192. The van der Waals surface area contributed by atoms with Crippen molar-refractivity contribution in [2.24, 2.45) is 0 Å². The Morgan fingerprint density at radius 1 is 1.38 bits per heavy atom. The standard InChI is InChI=1S/C8H17N3O2/c1-6(9-2)8(13)10-5-7(12)11(3)4/h6,9H,5H2,1-4H3,(H,10,13). The Morgan fingerprint density at radius 2 is 1.92 bits per heavy atom. The molecule has 0 aliphatic rings. The van der Waals surface area contributed by atoms with Crippen molar-refractivity contribution in [2.45, 2.75) is 13.0 Å². The lowest BCUT2D eigenvalue weighted by atomic mass is 10.3. The van der Waals surface area contributed by atoms with Crippen LogP contribution in [-0.4, -0.2) is 50.4 Å². The second-order valence-electron chi connectivity index (χ2n) is 3.02. The highest BCUT2D eigenvalue weighted by molar-refractivity contribution is 5.86. The Kier molecular flexibility index (Phi) is 5.06. The van der Waals surface area contributed by atoms with E-state index in [-0.39, 0.29) is 24.4 Å². The van der Waals surface area contributed by atoms with Crippen molar-refractivity contribution >= 4 is 11.8 Å². The molecule has 1 atom stereocenters. The second kappa shape index (κ2) is 5.53. The summed E-state index contributed by atoms with van der Waals surface area (Å²) in [5.41, 5.74) is 0. The molecule has 0 aromatic heterocycles. The Morgan fingerprint density at radius 3 is 2.31 bits per heavy atom. The molecule has 0 aliphatic carbocycles. The first-order chi connectivity index (χ1) is 5.99. The maximum Gasteiger partial charge on any atom is 0.241 e. The van der Waals surface area contributed by atoms with E-state index in [2.05, 4.69) is 10.6 Å². The van der Waals surface area contributed by atoms with Crippen molar-refractivity contribution < 1.29 is 9.59 Å². The molecule has 0 heterocycles. The summed E-state index contributed by atoms with van der Waals surface area (Å²) in [5, 5.41) is 5.30. The van der Waals surface area contributed by atoms with E-state index >= 15 is 0 Å². The molecule has 0 bridgehead atoms. The third-order valence-electron chi connectivity index (χ3n) is 1.74. The molecule has 0 radical (unpaired) electrons. The lowest BCUT2D eigenvalue weighted by Gasteiger charge is -2.13. The minimum atomic E-state index is -0.269. The minimum absolute atomic E-state index is 0.0534. The zero-order chi connectivity index (χ0) is 10.4. The highest BCUT2D eigenvalue weighted by Gasteiger charge is 2.11. The summed E-state index contributed by atoms with van der Waals surface area (Å²) in [7, 11) is 4.99. The van der Waals surface area contributed by atoms with Gasteiger partial charge in [0.25, 0.3) is 0 Å². The van der Waals surface area contributed by atoms with Crippen LogP contribution in [0.1, 0.15) is 6.92 Å². The van der Waals surface area contributed by atoms with Crippen molar-refractivity contribution in [1.29, 1.82) is 0 Å². The van der Waals surface area contributed by atoms with Crippen LogP contribution >= 0.6 is 0 Å². The number of amides is 2. The first-order valence-electron chi connectivity index (χ1n) is 4.14. The van der Waals surface area contributed by atoms with Gasteiger partial charge in [0.1, 0.15) is 0 Å². The van der Waals surface area contributed by atoms with Crippen LogP contribution in [0.4, 0.5) is 0 Å². The normalized spacial score (nSPS) is 12.0. The maximum atomic E-state index is 11.2. The third-order valence-corrected chi connectivity index (χ3v) is 1.74. The summed E-state index contributed by atoms with van der Waals surface area (Å²) in [4.78, 5) is 23.6. The fraction of sp³-hybridized carbons (Fsp3) is 0.750. The number of carbonyl (C=O) groups excluding carboxylic acids is 2. The van der Waals surface area contributed by atoms with E-state index in [1.165, 1.54) is 4.90 Å². The average Bonchev–Trinajstić information content (AvgIpc) is 2.11. The van der Waals surface area contributed by atoms with Crippen LogP contribution in [0.5, 0.6) is 0 Å². The molecule has 0 saturated heterocycles. The number of hydrogen-bond acceptors (Lipinski definition) is 3. The van der Waals surface area contributed by atoms with Crippen LogP contribution in [0.3, 0.4) is 0 Å². The van der Waals surface area contributed by atoms with E-state index in [0.717, 1.165) is 0 Å². The number of likely N-dealkylation sites (N-methyl/N-ethyl adjacent to an activating group) is 2. The molecule has 0 aliphatic heterocycles. The molecule has 0 aromatic rings. The van der Waals surface area contributed by atoms with Crippen molar-refractivity contribution in [3.8, 4) is 0 Å². The zero-order valence-electron chi connectivity index (χ0n) is 8.55. The third kappa shape index (κ3) is 4.47. The van der Waals surface area contributed by atoms with Gasteiger partial charge in [-0.25, -0.2) is 0 Å². The summed E-state index contributed by atoms with van der Waals surface area (Å²) in [6.45, 7) is 1.79. The Hall–Kier alpha value is -1.10. The fourth-order valence-corrected chi connectivity index (χ4v) is 0.605. The number of rotatable bonds is 4. The zero-order valence-corrected chi connectivity index (χ0v) is 8.55. The predicted molar refractivity (Wildman–Crippen MR) is 50.2 cm³/mol. The van der Waals surface area contributed by atoms with E-state index in [1.807, 2.05) is 0 Å². The smallest absolute Gasteiger partial charge is 0.241 e. The van der Waals surface area contributed by atoms with Crippen LogP contribution in [-0.2, 0) is 9.59 Å². The first-order valence-corrected chi connectivity index (χ1v) is 4.14. The summed E-state index contributed by atoms with van der Waals surface area (Å²) >= 11 is 0. The van der Waals surface area contributed by atoms with Crippen LogP contribution in [0.25, 0.3) is 0 Å². The molecule has 2 N–H and O–H groups in total. The van der Waals surface area contributed by atoms with Gasteiger partial charge >= 0.3 is 0 Å². The molecular weight excluding hydrogens is 170 g/mol. The van der Waals surface area contributed by atoms with Crippen LogP contribution < -0.4 is 10.6 Å². The lowest BCUT2D eigenvalue weighted by molar-refractivity contribution is -0.131. The van der Waals surface area contributed by atoms with Gasteiger partial charge < -0.3 is 15.5 Å². The molecule has 2 amide bonds. The van der Waals surface area contributed by atoms with Gasteiger partial charge in [-0.05, 0) is 14.0 Å². The number of carbonyl (C=O) groups is 2. The van der Waals surface area contributed by atoms with Crippen LogP contribution in [0.2, 0.25) is 0 Å². The Balaban J connectivity index is 3.77. The van der Waals surface area contributed by atoms with Crippen molar-refractivity contribution in [1.82, 2.24) is 15.5 Å². The van der Waals surface area contributed by atoms with Gasteiger partial charge in [-0.15, -0.1) is 0 Å². The lowest BCUT2D eigenvalue weighted by Crippen LogP contribution is -2.44. The number of nitrogens with one attached hydrogen (secondary N) is 2. The Labute approximate surface area is 78.5 Å². The van der Waals surface area contributed by atoms with Crippen molar-refractivity contribution in [3.63, 3.8) is 0 Å². The number of nitrogens with zero attached hydrogens (tertiary/aromatic N) is 1. The minimum Gasteiger partial charge on any atom is -0.347 e.